The van der Waals surface area contributed by atoms with E-state index in [4.69, 9.17) is 10.5 Å². The molecule has 4 rings (SSSR count). The Bertz CT molecular complexity index is 950. The van der Waals surface area contributed by atoms with Crippen LogP contribution in [0.5, 0.6) is 5.75 Å². The second-order valence-electron chi connectivity index (χ2n) is 5.65. The summed E-state index contributed by atoms with van der Waals surface area (Å²) in [7, 11) is 0. The SMILES string of the molecule is N#CC1=C(N)Oc2ccc(-n3cccc3)cc2C1c1ccccc1. The predicted octanol–water partition coefficient (Wildman–Crippen LogP) is 3.70. The van der Waals surface area contributed by atoms with Crippen molar-refractivity contribution in [2.24, 2.45) is 5.73 Å². The summed E-state index contributed by atoms with van der Waals surface area (Å²) >= 11 is 0. The second-order valence-corrected chi connectivity index (χ2v) is 5.65. The van der Waals surface area contributed by atoms with Crippen LogP contribution in [0.25, 0.3) is 5.69 Å². The van der Waals surface area contributed by atoms with Crippen LogP contribution in [0, 0.1) is 11.3 Å². The Morgan fingerprint density at radius 1 is 1.00 bits per heavy atom. The maximum Gasteiger partial charge on any atom is 0.205 e. The van der Waals surface area contributed by atoms with E-state index in [1.807, 2.05) is 71.6 Å². The van der Waals surface area contributed by atoms with Crippen LogP contribution in [0.4, 0.5) is 0 Å². The lowest BCUT2D eigenvalue weighted by Crippen LogP contribution is -2.21. The molecule has 1 aliphatic rings. The van der Waals surface area contributed by atoms with Crippen LogP contribution in [0.15, 0.2) is 84.5 Å². The van der Waals surface area contributed by atoms with Crippen molar-refractivity contribution in [3.63, 3.8) is 0 Å². The molecule has 3 aromatic rings. The van der Waals surface area contributed by atoms with E-state index in [9.17, 15) is 5.26 Å². The quantitative estimate of drug-likeness (QED) is 0.784. The van der Waals surface area contributed by atoms with Crippen molar-refractivity contribution in [3.05, 3.63) is 95.6 Å². The number of nitrogens with zero attached hydrogens (tertiary/aromatic N) is 2. The smallest absolute Gasteiger partial charge is 0.205 e. The molecule has 0 saturated heterocycles. The molecule has 2 heterocycles. The first-order valence-electron chi connectivity index (χ1n) is 7.68. The molecule has 0 fully saturated rings. The molecule has 1 aliphatic heterocycles. The number of rotatable bonds is 2. The number of benzene rings is 2. The van der Waals surface area contributed by atoms with E-state index in [1.54, 1.807) is 0 Å². The molecule has 0 spiro atoms. The summed E-state index contributed by atoms with van der Waals surface area (Å²) in [5.41, 5.74) is 9.41. The molecule has 24 heavy (non-hydrogen) atoms. The molecule has 1 unspecified atom stereocenters. The molecular formula is C20H15N3O. The molecule has 1 atom stereocenters. The van der Waals surface area contributed by atoms with Crippen LogP contribution >= 0.6 is 0 Å². The molecule has 1 aromatic heterocycles. The zero-order chi connectivity index (χ0) is 16.5. The maximum absolute atomic E-state index is 9.60. The Labute approximate surface area is 140 Å². The lowest BCUT2D eigenvalue weighted by molar-refractivity contribution is 0.393. The monoisotopic (exact) mass is 313 g/mol. The van der Waals surface area contributed by atoms with Gasteiger partial charge in [-0.15, -0.1) is 0 Å². The fraction of sp³-hybridized carbons (Fsp3) is 0.0500. The molecular weight excluding hydrogens is 298 g/mol. The van der Waals surface area contributed by atoms with Gasteiger partial charge in [-0.05, 0) is 35.9 Å². The first-order valence-corrected chi connectivity index (χ1v) is 7.68. The third-order valence-corrected chi connectivity index (χ3v) is 4.23. The van der Waals surface area contributed by atoms with E-state index in [2.05, 4.69) is 12.1 Å². The van der Waals surface area contributed by atoms with Gasteiger partial charge in [0.1, 0.15) is 17.4 Å². The molecule has 0 radical (unpaired) electrons. The maximum atomic E-state index is 9.60. The van der Waals surface area contributed by atoms with Crippen molar-refractivity contribution in [3.8, 4) is 17.5 Å². The number of aromatic nitrogens is 1. The number of nitriles is 1. The number of hydrogen-bond acceptors (Lipinski definition) is 3. The highest BCUT2D eigenvalue weighted by Crippen LogP contribution is 2.42. The van der Waals surface area contributed by atoms with Crippen molar-refractivity contribution >= 4 is 0 Å². The van der Waals surface area contributed by atoms with E-state index >= 15 is 0 Å². The highest BCUT2D eigenvalue weighted by atomic mass is 16.5. The Hall–Kier alpha value is -3.45. The summed E-state index contributed by atoms with van der Waals surface area (Å²) in [6.07, 6.45) is 3.97. The van der Waals surface area contributed by atoms with Gasteiger partial charge in [0.05, 0.1) is 5.92 Å². The van der Waals surface area contributed by atoms with Gasteiger partial charge in [-0.3, -0.25) is 0 Å². The number of ether oxygens (including phenoxy) is 1. The minimum absolute atomic E-state index is 0.174. The minimum Gasteiger partial charge on any atom is -0.440 e. The zero-order valence-corrected chi connectivity index (χ0v) is 12.9. The van der Waals surface area contributed by atoms with Gasteiger partial charge >= 0.3 is 0 Å². The molecule has 116 valence electrons. The first kappa shape index (κ1) is 14.2. The van der Waals surface area contributed by atoms with Gasteiger partial charge in [-0.25, -0.2) is 0 Å². The zero-order valence-electron chi connectivity index (χ0n) is 12.9. The number of allylic oxidation sites excluding steroid dienone is 1. The van der Waals surface area contributed by atoms with Crippen molar-refractivity contribution in [1.29, 1.82) is 5.26 Å². The largest absolute Gasteiger partial charge is 0.440 e. The summed E-state index contributed by atoms with van der Waals surface area (Å²) in [5.74, 6) is 0.638. The van der Waals surface area contributed by atoms with Gasteiger partial charge in [0.2, 0.25) is 5.88 Å². The third-order valence-electron chi connectivity index (χ3n) is 4.23. The minimum atomic E-state index is -0.226. The Morgan fingerprint density at radius 2 is 1.75 bits per heavy atom. The van der Waals surface area contributed by atoms with Crippen molar-refractivity contribution in [1.82, 2.24) is 4.57 Å². The second kappa shape index (κ2) is 5.64. The van der Waals surface area contributed by atoms with Crippen LogP contribution < -0.4 is 10.5 Å². The van der Waals surface area contributed by atoms with Gasteiger partial charge < -0.3 is 15.0 Å². The number of nitrogens with two attached hydrogens (primary N) is 1. The van der Waals surface area contributed by atoms with E-state index in [1.165, 1.54) is 0 Å². The standard InChI is InChI=1S/C20H15N3O/c21-13-17-19(14-6-2-1-3-7-14)16-12-15(23-10-4-5-11-23)8-9-18(16)24-20(17)22/h1-12,19H,22H2. The third kappa shape index (κ3) is 2.24. The Kier molecular flexibility index (Phi) is 3.33. The van der Waals surface area contributed by atoms with Crippen LogP contribution in [0.1, 0.15) is 17.0 Å². The fourth-order valence-electron chi connectivity index (χ4n) is 3.10. The summed E-state index contributed by atoms with van der Waals surface area (Å²) in [6.45, 7) is 0. The van der Waals surface area contributed by atoms with Crippen LogP contribution in [-0.4, -0.2) is 4.57 Å². The van der Waals surface area contributed by atoms with E-state index in [0.717, 1.165) is 16.8 Å². The van der Waals surface area contributed by atoms with E-state index < -0.39 is 0 Å². The lowest BCUT2D eigenvalue weighted by Gasteiger charge is -2.27. The van der Waals surface area contributed by atoms with Crippen LogP contribution in [-0.2, 0) is 0 Å². The summed E-state index contributed by atoms with van der Waals surface area (Å²) in [5, 5.41) is 9.60. The molecule has 0 bridgehead atoms. The van der Waals surface area contributed by atoms with E-state index in [-0.39, 0.29) is 11.8 Å². The summed E-state index contributed by atoms with van der Waals surface area (Å²) < 4.78 is 7.71. The van der Waals surface area contributed by atoms with E-state index in [0.29, 0.717) is 11.3 Å². The summed E-state index contributed by atoms with van der Waals surface area (Å²) in [6, 6.07) is 22.0. The Morgan fingerprint density at radius 3 is 2.46 bits per heavy atom. The number of hydrogen-bond donors (Lipinski definition) is 1. The highest BCUT2D eigenvalue weighted by molar-refractivity contribution is 5.58. The normalized spacial score (nSPS) is 16.2. The van der Waals surface area contributed by atoms with Crippen molar-refractivity contribution in [2.75, 3.05) is 0 Å². The summed E-state index contributed by atoms with van der Waals surface area (Å²) in [4.78, 5) is 0. The van der Waals surface area contributed by atoms with Gasteiger partial charge in [-0.1, -0.05) is 30.3 Å². The topological polar surface area (TPSA) is 64.0 Å². The molecule has 2 aromatic carbocycles. The average molecular weight is 313 g/mol. The van der Waals surface area contributed by atoms with Gasteiger partial charge in [0, 0.05) is 23.6 Å². The van der Waals surface area contributed by atoms with Gasteiger partial charge in [0.25, 0.3) is 0 Å². The predicted molar refractivity (Wildman–Crippen MR) is 91.5 cm³/mol. The lowest BCUT2D eigenvalue weighted by atomic mass is 9.83. The highest BCUT2D eigenvalue weighted by Gasteiger charge is 2.30. The molecule has 0 aliphatic carbocycles. The molecule has 2 N–H and O–H groups in total. The number of fused-ring (bicyclic) bond motifs is 1. The van der Waals surface area contributed by atoms with Crippen molar-refractivity contribution < 1.29 is 4.74 Å². The van der Waals surface area contributed by atoms with Crippen LogP contribution in [0.3, 0.4) is 0 Å². The molecule has 0 saturated carbocycles. The van der Waals surface area contributed by atoms with Gasteiger partial charge in [0.15, 0.2) is 0 Å². The van der Waals surface area contributed by atoms with Gasteiger partial charge in [-0.2, -0.15) is 5.26 Å². The Balaban J connectivity index is 1.92. The molecule has 0 amide bonds. The van der Waals surface area contributed by atoms with Crippen molar-refractivity contribution in [2.45, 2.75) is 5.92 Å². The fourth-order valence-corrected chi connectivity index (χ4v) is 3.10. The first-order chi connectivity index (χ1) is 11.8. The molecule has 4 nitrogen and oxygen atoms in total. The average Bonchev–Trinajstić information content (AvgIpc) is 3.15. The molecule has 4 heteroatoms. The van der Waals surface area contributed by atoms with Crippen LogP contribution in [0.2, 0.25) is 0 Å².